The molecule has 1 amide bonds. The van der Waals surface area contributed by atoms with Crippen molar-refractivity contribution in [2.45, 2.75) is 18.4 Å². The largest absolute Gasteiger partial charge is 0.480 e. The third-order valence-electron chi connectivity index (χ3n) is 4.69. The summed E-state index contributed by atoms with van der Waals surface area (Å²) < 4.78 is 5.27. The summed E-state index contributed by atoms with van der Waals surface area (Å²) in [6, 6.07) is 14.2. The Balaban J connectivity index is 1.68. The molecule has 28 heavy (non-hydrogen) atoms. The molecule has 2 aromatic carbocycles. The van der Waals surface area contributed by atoms with Gasteiger partial charge >= 0.3 is 18.0 Å². The minimum atomic E-state index is -1.43. The Morgan fingerprint density at radius 2 is 1.54 bits per heavy atom. The van der Waals surface area contributed by atoms with E-state index in [0.29, 0.717) is 0 Å². The highest BCUT2D eigenvalue weighted by molar-refractivity contribution is 5.88. The molecule has 7 heteroatoms. The summed E-state index contributed by atoms with van der Waals surface area (Å²) in [6.45, 7) is 3.32. The zero-order valence-corrected chi connectivity index (χ0v) is 14.9. The highest BCUT2D eigenvalue weighted by Gasteiger charge is 2.30. The Labute approximate surface area is 161 Å². The predicted octanol–water partition coefficient (Wildman–Crippen LogP) is 3.01. The SMILES string of the molecule is C=C(CC(NC(=O)OCC1c2ccccc2-c2ccccc21)C(=O)O)C(=O)O. The zero-order chi connectivity index (χ0) is 20.3. The fourth-order valence-electron chi connectivity index (χ4n) is 3.32. The van der Waals surface area contributed by atoms with Crippen LogP contribution in [0, 0.1) is 0 Å². The fraction of sp³-hybridized carbons (Fsp3) is 0.190. The van der Waals surface area contributed by atoms with Gasteiger partial charge in [-0.1, -0.05) is 55.1 Å². The zero-order valence-electron chi connectivity index (χ0n) is 14.9. The highest BCUT2D eigenvalue weighted by Crippen LogP contribution is 2.44. The molecule has 0 spiro atoms. The lowest BCUT2D eigenvalue weighted by Gasteiger charge is -2.17. The summed E-state index contributed by atoms with van der Waals surface area (Å²) in [6.07, 6.45) is -1.35. The number of benzene rings is 2. The van der Waals surface area contributed by atoms with E-state index in [-0.39, 0.29) is 18.1 Å². The summed E-state index contributed by atoms with van der Waals surface area (Å²) in [5.74, 6) is -2.84. The molecule has 0 saturated heterocycles. The van der Waals surface area contributed by atoms with Crippen LogP contribution in [0.5, 0.6) is 0 Å². The van der Waals surface area contributed by atoms with Crippen LogP contribution in [0.25, 0.3) is 11.1 Å². The van der Waals surface area contributed by atoms with Gasteiger partial charge in [0, 0.05) is 17.9 Å². The summed E-state index contributed by atoms with van der Waals surface area (Å²) in [7, 11) is 0. The first-order chi connectivity index (χ1) is 13.4. The van der Waals surface area contributed by atoms with Crippen molar-refractivity contribution in [3.05, 3.63) is 71.8 Å². The van der Waals surface area contributed by atoms with Crippen molar-refractivity contribution in [2.75, 3.05) is 6.61 Å². The molecule has 1 aliphatic carbocycles. The first-order valence-electron chi connectivity index (χ1n) is 8.64. The van der Waals surface area contributed by atoms with Gasteiger partial charge in [-0.25, -0.2) is 14.4 Å². The summed E-state index contributed by atoms with van der Waals surface area (Å²) in [5, 5.41) is 20.2. The van der Waals surface area contributed by atoms with E-state index in [1.165, 1.54) is 0 Å². The van der Waals surface area contributed by atoms with Crippen molar-refractivity contribution >= 4 is 18.0 Å². The Kier molecular flexibility index (Phi) is 5.44. The highest BCUT2D eigenvalue weighted by atomic mass is 16.5. The van der Waals surface area contributed by atoms with Crippen LogP contribution in [-0.2, 0) is 14.3 Å². The van der Waals surface area contributed by atoms with Crippen molar-refractivity contribution in [1.82, 2.24) is 5.32 Å². The van der Waals surface area contributed by atoms with E-state index >= 15 is 0 Å². The maximum atomic E-state index is 12.1. The average molecular weight is 381 g/mol. The van der Waals surface area contributed by atoms with Gasteiger partial charge in [0.15, 0.2) is 0 Å². The number of rotatable bonds is 7. The molecule has 2 aromatic rings. The number of amides is 1. The topological polar surface area (TPSA) is 113 Å². The van der Waals surface area contributed by atoms with Gasteiger partial charge in [0.1, 0.15) is 12.6 Å². The van der Waals surface area contributed by atoms with E-state index in [9.17, 15) is 19.5 Å². The first kappa shape index (κ1) is 19.2. The number of carbonyl (C=O) groups excluding carboxylic acids is 1. The molecule has 0 saturated carbocycles. The van der Waals surface area contributed by atoms with Crippen molar-refractivity contribution in [1.29, 1.82) is 0 Å². The second kappa shape index (κ2) is 7.96. The molecule has 144 valence electrons. The number of hydrogen-bond donors (Lipinski definition) is 3. The van der Waals surface area contributed by atoms with Gasteiger partial charge in [0.05, 0.1) is 0 Å². The van der Waals surface area contributed by atoms with Gasteiger partial charge in [-0.15, -0.1) is 0 Å². The van der Waals surface area contributed by atoms with Gasteiger partial charge in [-0.3, -0.25) is 0 Å². The van der Waals surface area contributed by atoms with Gasteiger partial charge in [0.2, 0.25) is 0 Å². The summed E-state index contributed by atoms with van der Waals surface area (Å²) in [5.41, 5.74) is 3.91. The lowest BCUT2D eigenvalue weighted by atomic mass is 9.98. The maximum Gasteiger partial charge on any atom is 0.407 e. The van der Waals surface area contributed by atoms with Crippen LogP contribution in [0.3, 0.4) is 0 Å². The van der Waals surface area contributed by atoms with Crippen molar-refractivity contribution < 1.29 is 29.3 Å². The number of nitrogens with one attached hydrogen (secondary N) is 1. The number of alkyl carbamates (subject to hydrolysis) is 1. The number of carbonyl (C=O) groups is 3. The number of carboxylic acids is 2. The number of hydrogen-bond acceptors (Lipinski definition) is 4. The smallest absolute Gasteiger partial charge is 0.407 e. The summed E-state index contributed by atoms with van der Waals surface area (Å²) in [4.78, 5) is 34.2. The average Bonchev–Trinajstić information content (AvgIpc) is 2.99. The molecule has 1 unspecified atom stereocenters. The van der Waals surface area contributed by atoms with E-state index in [2.05, 4.69) is 11.9 Å². The van der Waals surface area contributed by atoms with Crippen LogP contribution in [-0.4, -0.2) is 40.9 Å². The molecule has 3 N–H and O–H groups in total. The van der Waals surface area contributed by atoms with E-state index in [4.69, 9.17) is 9.84 Å². The minimum Gasteiger partial charge on any atom is -0.480 e. The molecule has 0 radical (unpaired) electrons. The minimum absolute atomic E-state index is 0.0338. The van der Waals surface area contributed by atoms with Gasteiger partial charge < -0.3 is 20.3 Å². The number of carboxylic acid groups (broad SMARTS) is 2. The molecule has 0 aliphatic heterocycles. The van der Waals surface area contributed by atoms with Crippen LogP contribution in [0.1, 0.15) is 23.5 Å². The van der Waals surface area contributed by atoms with E-state index in [1.54, 1.807) is 0 Å². The third kappa shape index (κ3) is 3.88. The molecule has 1 aliphatic rings. The quantitative estimate of drug-likeness (QED) is 0.636. The van der Waals surface area contributed by atoms with Gasteiger partial charge in [0.25, 0.3) is 0 Å². The van der Waals surface area contributed by atoms with E-state index < -0.39 is 30.5 Å². The molecular weight excluding hydrogens is 362 g/mol. The molecule has 7 nitrogen and oxygen atoms in total. The predicted molar refractivity (Wildman–Crippen MR) is 101 cm³/mol. The van der Waals surface area contributed by atoms with Crippen LogP contribution < -0.4 is 5.32 Å². The number of aliphatic carboxylic acids is 2. The van der Waals surface area contributed by atoms with Crippen molar-refractivity contribution in [2.24, 2.45) is 0 Å². The fourth-order valence-corrected chi connectivity index (χ4v) is 3.32. The molecular formula is C21H19NO6. The Hall–Kier alpha value is -3.61. The van der Waals surface area contributed by atoms with Crippen LogP contribution in [0.15, 0.2) is 60.7 Å². The van der Waals surface area contributed by atoms with Crippen molar-refractivity contribution in [3.8, 4) is 11.1 Å². The van der Waals surface area contributed by atoms with Gasteiger partial charge in [-0.05, 0) is 22.3 Å². The lowest BCUT2D eigenvalue weighted by Crippen LogP contribution is -2.42. The number of ether oxygens (including phenoxy) is 1. The molecule has 1 atom stereocenters. The normalized spacial score (nSPS) is 13.1. The standard InChI is InChI=1S/C21H19NO6/c1-12(19(23)24)10-18(20(25)26)22-21(27)28-11-17-15-8-4-2-6-13(15)14-7-3-5-9-16(14)17/h2-9,17-18H,1,10-11H2,(H,22,27)(H,23,24)(H,25,26). The van der Waals surface area contributed by atoms with Crippen molar-refractivity contribution in [3.63, 3.8) is 0 Å². The van der Waals surface area contributed by atoms with E-state index in [0.717, 1.165) is 22.3 Å². The molecule has 0 heterocycles. The Morgan fingerprint density at radius 1 is 1.00 bits per heavy atom. The molecule has 0 bridgehead atoms. The van der Waals surface area contributed by atoms with Crippen LogP contribution >= 0.6 is 0 Å². The van der Waals surface area contributed by atoms with Crippen LogP contribution in [0.4, 0.5) is 4.79 Å². The van der Waals surface area contributed by atoms with Gasteiger partial charge in [-0.2, -0.15) is 0 Å². The first-order valence-corrected chi connectivity index (χ1v) is 8.64. The second-order valence-corrected chi connectivity index (χ2v) is 6.47. The lowest BCUT2D eigenvalue weighted by molar-refractivity contribution is -0.139. The molecule has 0 fully saturated rings. The summed E-state index contributed by atoms with van der Waals surface area (Å²) >= 11 is 0. The van der Waals surface area contributed by atoms with Crippen LogP contribution in [0.2, 0.25) is 0 Å². The molecule has 0 aromatic heterocycles. The number of fused-ring (bicyclic) bond motifs is 3. The monoisotopic (exact) mass is 381 g/mol. The Bertz CT molecular complexity index is 906. The maximum absolute atomic E-state index is 12.1. The Morgan fingerprint density at radius 3 is 2.04 bits per heavy atom. The molecule has 3 rings (SSSR count). The third-order valence-corrected chi connectivity index (χ3v) is 4.69. The second-order valence-electron chi connectivity index (χ2n) is 6.47. The van der Waals surface area contributed by atoms with E-state index in [1.807, 2.05) is 48.5 Å².